The molecule has 0 aliphatic carbocycles. The van der Waals surface area contributed by atoms with E-state index in [1.807, 2.05) is 4.90 Å². The predicted octanol–water partition coefficient (Wildman–Crippen LogP) is 2.06. The van der Waals surface area contributed by atoms with Crippen molar-refractivity contribution in [3.8, 4) is 0 Å². The van der Waals surface area contributed by atoms with E-state index in [2.05, 4.69) is 40.1 Å². The summed E-state index contributed by atoms with van der Waals surface area (Å²) < 4.78 is 0. The third-order valence-electron chi connectivity index (χ3n) is 5.29. The van der Waals surface area contributed by atoms with Crippen LogP contribution in [0.4, 0.5) is 0 Å². The molecule has 23 heavy (non-hydrogen) atoms. The second-order valence-electron chi connectivity index (χ2n) is 7.01. The first-order chi connectivity index (χ1) is 11.2. The molecule has 0 radical (unpaired) electrons. The molecule has 2 saturated heterocycles. The molecule has 1 amide bonds. The maximum absolute atomic E-state index is 11.4. The molecule has 0 atom stereocenters. The Morgan fingerprint density at radius 2 is 1.57 bits per heavy atom. The summed E-state index contributed by atoms with van der Waals surface area (Å²) in [5.41, 5.74) is 1.41. The molecule has 2 fully saturated rings. The second kappa shape index (κ2) is 7.93. The van der Waals surface area contributed by atoms with E-state index in [0.717, 1.165) is 25.6 Å². The van der Waals surface area contributed by atoms with Crippen molar-refractivity contribution in [2.24, 2.45) is 5.92 Å². The van der Waals surface area contributed by atoms with Crippen LogP contribution in [0.1, 0.15) is 25.3 Å². The molecular formula is C19H29N3O. The molecule has 0 spiro atoms. The van der Waals surface area contributed by atoms with Crippen molar-refractivity contribution in [1.82, 2.24) is 14.7 Å². The van der Waals surface area contributed by atoms with Crippen LogP contribution in [0.15, 0.2) is 30.3 Å². The van der Waals surface area contributed by atoms with Gasteiger partial charge in [-0.25, -0.2) is 0 Å². The average Bonchev–Trinajstić information content (AvgIpc) is 2.58. The molecule has 1 aromatic rings. The summed E-state index contributed by atoms with van der Waals surface area (Å²) in [7, 11) is 0. The molecule has 1 aromatic carbocycles. The summed E-state index contributed by atoms with van der Waals surface area (Å²) in [6.07, 6.45) is 2.34. The van der Waals surface area contributed by atoms with Crippen molar-refractivity contribution in [2.45, 2.75) is 26.3 Å². The van der Waals surface area contributed by atoms with E-state index in [9.17, 15) is 4.79 Å². The van der Waals surface area contributed by atoms with E-state index in [4.69, 9.17) is 0 Å². The highest BCUT2D eigenvalue weighted by Gasteiger charge is 2.24. The lowest BCUT2D eigenvalue weighted by Crippen LogP contribution is -2.48. The third kappa shape index (κ3) is 4.79. The normalized spacial score (nSPS) is 21.5. The molecule has 0 unspecified atom stereocenters. The van der Waals surface area contributed by atoms with E-state index in [-0.39, 0.29) is 5.91 Å². The van der Waals surface area contributed by atoms with E-state index < -0.39 is 0 Å². The number of amides is 1. The first kappa shape index (κ1) is 16.5. The van der Waals surface area contributed by atoms with Crippen LogP contribution in [-0.4, -0.2) is 66.4 Å². The van der Waals surface area contributed by atoms with Gasteiger partial charge in [0.15, 0.2) is 0 Å². The molecule has 4 heteroatoms. The van der Waals surface area contributed by atoms with Crippen LogP contribution in [0.25, 0.3) is 0 Å². The van der Waals surface area contributed by atoms with Crippen molar-refractivity contribution < 1.29 is 4.79 Å². The molecule has 2 aliphatic heterocycles. The van der Waals surface area contributed by atoms with Crippen molar-refractivity contribution >= 4 is 5.91 Å². The molecule has 0 aromatic heterocycles. The maximum Gasteiger partial charge on any atom is 0.219 e. The number of piperidine rings is 1. The lowest BCUT2D eigenvalue weighted by Gasteiger charge is -2.38. The number of rotatable bonds is 4. The molecule has 0 saturated carbocycles. The van der Waals surface area contributed by atoms with Crippen LogP contribution >= 0.6 is 0 Å². The Hall–Kier alpha value is -1.39. The highest BCUT2D eigenvalue weighted by molar-refractivity contribution is 5.73. The van der Waals surface area contributed by atoms with Gasteiger partial charge in [-0.05, 0) is 24.3 Å². The Balaban J connectivity index is 1.37. The van der Waals surface area contributed by atoms with Gasteiger partial charge in [0.2, 0.25) is 5.91 Å². The highest BCUT2D eigenvalue weighted by Crippen LogP contribution is 2.19. The van der Waals surface area contributed by atoms with Crippen LogP contribution in [0.2, 0.25) is 0 Å². The molecule has 2 aliphatic rings. The van der Waals surface area contributed by atoms with E-state index in [0.29, 0.717) is 0 Å². The Labute approximate surface area is 140 Å². The van der Waals surface area contributed by atoms with Gasteiger partial charge in [0.05, 0.1) is 0 Å². The molecule has 4 nitrogen and oxygen atoms in total. The Bertz CT molecular complexity index is 489. The summed E-state index contributed by atoms with van der Waals surface area (Å²) >= 11 is 0. The minimum Gasteiger partial charge on any atom is -0.343 e. The van der Waals surface area contributed by atoms with Crippen molar-refractivity contribution in [1.29, 1.82) is 0 Å². The lowest BCUT2D eigenvalue weighted by atomic mass is 9.96. The number of benzene rings is 1. The number of nitrogens with zero attached hydrogens (tertiary/aromatic N) is 3. The summed E-state index contributed by atoms with van der Waals surface area (Å²) in [6, 6.07) is 10.8. The molecular weight excluding hydrogens is 286 g/mol. The van der Waals surface area contributed by atoms with Gasteiger partial charge >= 0.3 is 0 Å². The van der Waals surface area contributed by atoms with Gasteiger partial charge in [-0.15, -0.1) is 0 Å². The fraction of sp³-hybridized carbons (Fsp3) is 0.632. The van der Waals surface area contributed by atoms with Crippen LogP contribution in [0, 0.1) is 5.92 Å². The van der Waals surface area contributed by atoms with Gasteiger partial charge in [0.25, 0.3) is 0 Å². The third-order valence-corrected chi connectivity index (χ3v) is 5.29. The number of carbonyl (C=O) groups is 1. The lowest BCUT2D eigenvalue weighted by molar-refractivity contribution is -0.130. The summed E-state index contributed by atoms with van der Waals surface area (Å²) in [6.45, 7) is 10.6. The van der Waals surface area contributed by atoms with Gasteiger partial charge in [-0.1, -0.05) is 30.3 Å². The fourth-order valence-electron chi connectivity index (χ4n) is 3.77. The van der Waals surface area contributed by atoms with E-state index >= 15 is 0 Å². The molecule has 3 rings (SSSR count). The first-order valence-corrected chi connectivity index (χ1v) is 8.95. The minimum atomic E-state index is 0.234. The Kier molecular flexibility index (Phi) is 5.68. The zero-order valence-electron chi connectivity index (χ0n) is 14.3. The van der Waals surface area contributed by atoms with Crippen LogP contribution < -0.4 is 0 Å². The van der Waals surface area contributed by atoms with E-state index in [1.165, 1.54) is 51.1 Å². The maximum atomic E-state index is 11.4. The Morgan fingerprint density at radius 1 is 0.957 bits per heavy atom. The quantitative estimate of drug-likeness (QED) is 0.851. The molecule has 0 N–H and O–H groups in total. The van der Waals surface area contributed by atoms with Crippen molar-refractivity contribution in [3.05, 3.63) is 35.9 Å². The average molecular weight is 315 g/mol. The molecule has 0 bridgehead atoms. The standard InChI is InChI=1S/C19H29N3O/c1-17(23)22-9-7-19(8-10-22)16-21-13-11-20(12-14-21)15-18-5-3-2-4-6-18/h2-6,19H,7-16H2,1H3. The number of likely N-dealkylation sites (tertiary alicyclic amines) is 1. The van der Waals surface area contributed by atoms with Gasteiger partial charge < -0.3 is 9.80 Å². The summed E-state index contributed by atoms with van der Waals surface area (Å²) in [5, 5.41) is 0. The number of hydrogen-bond donors (Lipinski definition) is 0. The first-order valence-electron chi connectivity index (χ1n) is 8.95. The van der Waals surface area contributed by atoms with Gasteiger partial charge in [0, 0.05) is 59.3 Å². The van der Waals surface area contributed by atoms with Crippen LogP contribution in [-0.2, 0) is 11.3 Å². The Morgan fingerprint density at radius 3 is 2.17 bits per heavy atom. The highest BCUT2D eigenvalue weighted by atomic mass is 16.2. The van der Waals surface area contributed by atoms with Gasteiger partial charge in [-0.2, -0.15) is 0 Å². The summed E-state index contributed by atoms with van der Waals surface area (Å²) in [4.78, 5) is 18.6. The smallest absolute Gasteiger partial charge is 0.219 e. The number of carbonyl (C=O) groups excluding carboxylic acids is 1. The topological polar surface area (TPSA) is 26.8 Å². The van der Waals surface area contributed by atoms with Crippen LogP contribution in [0.3, 0.4) is 0 Å². The predicted molar refractivity (Wildman–Crippen MR) is 93.1 cm³/mol. The minimum absolute atomic E-state index is 0.234. The summed E-state index contributed by atoms with van der Waals surface area (Å²) in [5.74, 6) is 1.00. The van der Waals surface area contributed by atoms with Gasteiger partial charge in [0.1, 0.15) is 0 Å². The fourth-order valence-corrected chi connectivity index (χ4v) is 3.77. The van der Waals surface area contributed by atoms with Crippen molar-refractivity contribution in [3.63, 3.8) is 0 Å². The second-order valence-corrected chi connectivity index (χ2v) is 7.01. The molecule has 126 valence electrons. The van der Waals surface area contributed by atoms with E-state index in [1.54, 1.807) is 6.92 Å². The largest absolute Gasteiger partial charge is 0.343 e. The van der Waals surface area contributed by atoms with Crippen molar-refractivity contribution in [2.75, 3.05) is 45.8 Å². The van der Waals surface area contributed by atoms with Crippen LogP contribution in [0.5, 0.6) is 0 Å². The zero-order chi connectivity index (χ0) is 16.1. The SMILES string of the molecule is CC(=O)N1CCC(CN2CCN(Cc3ccccc3)CC2)CC1. The zero-order valence-corrected chi connectivity index (χ0v) is 14.3. The number of hydrogen-bond acceptors (Lipinski definition) is 3. The number of piperazine rings is 1. The monoisotopic (exact) mass is 315 g/mol. The molecule has 2 heterocycles. The van der Waals surface area contributed by atoms with Gasteiger partial charge in [-0.3, -0.25) is 9.69 Å².